The summed E-state index contributed by atoms with van der Waals surface area (Å²) in [6.45, 7) is 2.97. The van der Waals surface area contributed by atoms with E-state index in [-0.39, 0.29) is 23.5 Å². The first-order valence-corrected chi connectivity index (χ1v) is 13.5. The predicted octanol–water partition coefficient (Wildman–Crippen LogP) is 4.54. The third-order valence-electron chi connectivity index (χ3n) is 5.93. The number of aryl methyl sites for hydroxylation is 1. The summed E-state index contributed by atoms with van der Waals surface area (Å²) in [7, 11) is -2.75. The second kappa shape index (κ2) is 12.2. The fourth-order valence-corrected chi connectivity index (χ4v) is 5.48. The second-order valence-corrected chi connectivity index (χ2v) is 10.7. The number of nitrogens with zero attached hydrogens (tertiary/aromatic N) is 2. The maximum atomic E-state index is 13.8. The van der Waals surface area contributed by atoms with Gasteiger partial charge in [-0.25, -0.2) is 12.8 Å². The Labute approximate surface area is 221 Å². The maximum Gasteiger partial charge on any atom is 0.264 e. The van der Waals surface area contributed by atoms with E-state index in [0.29, 0.717) is 10.6 Å². The van der Waals surface area contributed by atoms with Crippen LogP contribution >= 0.6 is 11.6 Å². The fraction of sp³-hybridized carbons (Fsp3) is 0.259. The van der Waals surface area contributed by atoms with Crippen LogP contribution in [0.15, 0.2) is 77.7 Å². The Morgan fingerprint density at radius 3 is 2.19 bits per heavy atom. The van der Waals surface area contributed by atoms with E-state index in [4.69, 9.17) is 11.6 Å². The second-order valence-electron chi connectivity index (χ2n) is 8.45. The van der Waals surface area contributed by atoms with Crippen molar-refractivity contribution in [1.29, 1.82) is 0 Å². The summed E-state index contributed by atoms with van der Waals surface area (Å²) in [6, 6.07) is 17.1. The minimum Gasteiger partial charge on any atom is -0.357 e. The Hall–Kier alpha value is -3.43. The molecule has 0 radical (unpaired) electrons. The lowest BCUT2D eigenvalue weighted by molar-refractivity contribution is -0.140. The lowest BCUT2D eigenvalue weighted by Crippen LogP contribution is -2.51. The van der Waals surface area contributed by atoms with Gasteiger partial charge in [-0.15, -0.1) is 0 Å². The molecule has 0 spiro atoms. The first kappa shape index (κ1) is 28.1. The van der Waals surface area contributed by atoms with Crippen molar-refractivity contribution in [2.75, 3.05) is 17.9 Å². The molecule has 0 bridgehead atoms. The fourth-order valence-electron chi connectivity index (χ4n) is 3.87. The van der Waals surface area contributed by atoms with Crippen LogP contribution < -0.4 is 9.62 Å². The van der Waals surface area contributed by atoms with Crippen LogP contribution in [0.2, 0.25) is 5.02 Å². The number of hydrogen-bond donors (Lipinski definition) is 1. The van der Waals surface area contributed by atoms with Crippen molar-refractivity contribution in [2.45, 2.75) is 37.8 Å². The van der Waals surface area contributed by atoms with Crippen LogP contribution in [0.1, 0.15) is 24.5 Å². The minimum absolute atomic E-state index is 0.00767. The number of amides is 2. The lowest BCUT2D eigenvalue weighted by atomic mass is 10.1. The van der Waals surface area contributed by atoms with Crippen molar-refractivity contribution in [3.8, 4) is 0 Å². The van der Waals surface area contributed by atoms with Crippen molar-refractivity contribution in [3.63, 3.8) is 0 Å². The first-order valence-electron chi connectivity index (χ1n) is 11.7. The summed E-state index contributed by atoms with van der Waals surface area (Å²) in [5.41, 5.74) is 1.58. The van der Waals surface area contributed by atoms with E-state index in [1.54, 1.807) is 43.3 Å². The number of nitrogens with one attached hydrogen (secondary N) is 1. The zero-order valence-electron chi connectivity index (χ0n) is 20.8. The van der Waals surface area contributed by atoms with Crippen LogP contribution in [0.5, 0.6) is 0 Å². The highest BCUT2D eigenvalue weighted by molar-refractivity contribution is 7.92. The van der Waals surface area contributed by atoms with Crippen LogP contribution in [0.3, 0.4) is 0 Å². The number of likely N-dealkylation sites (N-methyl/N-ethyl adjacent to an activating group) is 1. The van der Waals surface area contributed by atoms with E-state index in [1.165, 1.54) is 36.2 Å². The largest absolute Gasteiger partial charge is 0.357 e. The van der Waals surface area contributed by atoms with Gasteiger partial charge in [-0.05, 0) is 61.4 Å². The van der Waals surface area contributed by atoms with Gasteiger partial charge in [0.05, 0.1) is 10.6 Å². The van der Waals surface area contributed by atoms with Gasteiger partial charge in [-0.1, -0.05) is 54.4 Å². The number of carbonyl (C=O) groups excluding carboxylic acids is 2. The van der Waals surface area contributed by atoms with Crippen LogP contribution in [0.4, 0.5) is 10.1 Å². The Bertz CT molecular complexity index is 1350. The Morgan fingerprint density at radius 1 is 1.00 bits per heavy atom. The van der Waals surface area contributed by atoms with Gasteiger partial charge < -0.3 is 10.2 Å². The van der Waals surface area contributed by atoms with Crippen molar-refractivity contribution in [3.05, 3.63) is 94.8 Å². The van der Waals surface area contributed by atoms with Crippen LogP contribution in [-0.4, -0.2) is 44.8 Å². The number of rotatable bonds is 10. The number of hydrogen-bond acceptors (Lipinski definition) is 4. The van der Waals surface area contributed by atoms with Crippen LogP contribution in [-0.2, 0) is 26.2 Å². The van der Waals surface area contributed by atoms with Crippen molar-refractivity contribution < 1.29 is 22.4 Å². The summed E-state index contributed by atoms with van der Waals surface area (Å²) >= 11 is 6.34. The van der Waals surface area contributed by atoms with Gasteiger partial charge >= 0.3 is 0 Å². The highest BCUT2D eigenvalue weighted by atomic mass is 35.5. The summed E-state index contributed by atoms with van der Waals surface area (Å²) in [4.78, 5) is 27.8. The molecule has 196 valence electrons. The molecule has 10 heteroatoms. The summed E-state index contributed by atoms with van der Waals surface area (Å²) < 4.78 is 42.0. The van der Waals surface area contributed by atoms with E-state index in [0.717, 1.165) is 22.0 Å². The van der Waals surface area contributed by atoms with Gasteiger partial charge in [-0.3, -0.25) is 13.9 Å². The molecule has 2 amide bonds. The van der Waals surface area contributed by atoms with Gasteiger partial charge in [-0.2, -0.15) is 0 Å². The van der Waals surface area contributed by atoms with Crippen molar-refractivity contribution in [1.82, 2.24) is 10.2 Å². The number of benzene rings is 3. The molecule has 0 fully saturated rings. The number of halogens is 2. The quantitative estimate of drug-likeness (QED) is 0.405. The summed E-state index contributed by atoms with van der Waals surface area (Å²) in [5, 5.41) is 2.98. The molecule has 0 aromatic heterocycles. The monoisotopic (exact) mass is 545 g/mol. The molecular weight excluding hydrogens is 517 g/mol. The molecular formula is C27H29ClFN3O4S. The van der Waals surface area contributed by atoms with Crippen molar-refractivity contribution in [2.24, 2.45) is 0 Å². The molecule has 0 saturated carbocycles. The Balaban J connectivity index is 2.06. The molecule has 0 heterocycles. The first-order chi connectivity index (χ1) is 17.6. The lowest BCUT2D eigenvalue weighted by Gasteiger charge is -2.33. The Morgan fingerprint density at radius 2 is 1.62 bits per heavy atom. The van der Waals surface area contributed by atoms with E-state index in [2.05, 4.69) is 5.32 Å². The number of carbonyl (C=O) groups is 2. The van der Waals surface area contributed by atoms with E-state index in [9.17, 15) is 22.4 Å². The topological polar surface area (TPSA) is 86.8 Å². The zero-order chi connectivity index (χ0) is 27.2. The summed E-state index contributed by atoms with van der Waals surface area (Å²) in [6.07, 6.45) is 0.289. The molecule has 1 N–H and O–H groups in total. The molecule has 3 rings (SSSR count). The van der Waals surface area contributed by atoms with E-state index in [1.807, 2.05) is 6.92 Å². The standard InChI is InChI=1S/C27H29ClFN3O4S/c1-4-25(27(34)30-3)31(17-20-7-5-6-8-24(20)28)26(33)18-32(22-13-11-21(29)12-14-22)37(35,36)23-15-9-19(2)10-16-23/h5-16,25H,4,17-18H2,1-3H3,(H,30,34)/t25-/m0/s1. The molecule has 3 aromatic rings. The number of sulfonamides is 1. The average Bonchev–Trinajstić information content (AvgIpc) is 2.88. The Kier molecular flexibility index (Phi) is 9.29. The van der Waals surface area contributed by atoms with Gasteiger partial charge in [0.1, 0.15) is 18.4 Å². The molecule has 0 aliphatic carbocycles. The molecule has 0 aliphatic heterocycles. The predicted molar refractivity (Wildman–Crippen MR) is 142 cm³/mol. The molecule has 0 unspecified atom stereocenters. The van der Waals surface area contributed by atoms with Gasteiger partial charge in [0.2, 0.25) is 11.8 Å². The zero-order valence-corrected chi connectivity index (χ0v) is 22.4. The third-order valence-corrected chi connectivity index (χ3v) is 8.09. The maximum absolute atomic E-state index is 13.8. The SMILES string of the molecule is CC[C@@H](C(=O)NC)N(Cc1ccccc1Cl)C(=O)CN(c1ccc(F)cc1)S(=O)(=O)c1ccc(C)cc1. The smallest absolute Gasteiger partial charge is 0.264 e. The van der Waals surface area contributed by atoms with Crippen LogP contribution in [0, 0.1) is 12.7 Å². The van der Waals surface area contributed by atoms with Gasteiger partial charge in [0, 0.05) is 18.6 Å². The molecule has 3 aromatic carbocycles. The molecule has 7 nitrogen and oxygen atoms in total. The van der Waals surface area contributed by atoms with Crippen molar-refractivity contribution >= 4 is 39.1 Å². The molecule has 0 aliphatic rings. The average molecular weight is 546 g/mol. The minimum atomic E-state index is -4.21. The number of anilines is 1. The van der Waals surface area contributed by atoms with E-state index < -0.39 is 40.2 Å². The normalized spacial score (nSPS) is 12.0. The van der Waals surface area contributed by atoms with Gasteiger partial charge in [0.25, 0.3) is 10.0 Å². The van der Waals surface area contributed by atoms with Gasteiger partial charge in [0.15, 0.2) is 0 Å². The molecule has 0 saturated heterocycles. The third kappa shape index (κ3) is 6.67. The van der Waals surface area contributed by atoms with Crippen LogP contribution in [0.25, 0.3) is 0 Å². The van der Waals surface area contributed by atoms with E-state index >= 15 is 0 Å². The highest BCUT2D eigenvalue weighted by Gasteiger charge is 2.33. The molecule has 1 atom stereocenters. The molecule has 37 heavy (non-hydrogen) atoms. The highest BCUT2D eigenvalue weighted by Crippen LogP contribution is 2.26. The summed E-state index contributed by atoms with van der Waals surface area (Å²) in [5.74, 6) is -1.55.